The highest BCUT2D eigenvalue weighted by atomic mass is 35.5. The number of anilines is 2. The summed E-state index contributed by atoms with van der Waals surface area (Å²) in [6.45, 7) is 1.86. The van der Waals surface area contributed by atoms with Gasteiger partial charge in [0.05, 0.1) is 5.69 Å². The van der Waals surface area contributed by atoms with Crippen LogP contribution in [0.1, 0.15) is 11.3 Å². The van der Waals surface area contributed by atoms with Gasteiger partial charge in [0.15, 0.2) is 11.0 Å². The summed E-state index contributed by atoms with van der Waals surface area (Å²) in [4.78, 5) is 28.2. The fourth-order valence-electron chi connectivity index (χ4n) is 2.42. The Bertz CT molecular complexity index is 949. The minimum Gasteiger partial charge on any atom is -0.441 e. The van der Waals surface area contributed by atoms with Gasteiger partial charge >= 0.3 is 0 Å². The molecule has 6 nitrogen and oxygen atoms in total. The van der Waals surface area contributed by atoms with Crippen LogP contribution in [0.15, 0.2) is 40.3 Å². The molecular weight excluding hydrogens is 374 g/mol. The van der Waals surface area contributed by atoms with Gasteiger partial charge in [0, 0.05) is 25.2 Å². The number of thiocarbonyl (C=S) groups is 1. The fraction of sp³-hybridized carbons (Fsp3) is 0.167. The van der Waals surface area contributed by atoms with Crippen molar-refractivity contribution in [3.8, 4) is 0 Å². The third-order valence-electron chi connectivity index (χ3n) is 3.86. The zero-order valence-electron chi connectivity index (χ0n) is 14.4. The number of carbonyl (C=O) groups is 2. The van der Waals surface area contributed by atoms with Crippen LogP contribution in [0.2, 0.25) is 5.02 Å². The van der Waals surface area contributed by atoms with Crippen LogP contribution in [0.4, 0.5) is 11.6 Å². The van der Waals surface area contributed by atoms with Gasteiger partial charge in [0.25, 0.3) is 11.8 Å². The van der Waals surface area contributed by atoms with E-state index in [9.17, 15) is 9.59 Å². The van der Waals surface area contributed by atoms with E-state index in [2.05, 4.69) is 5.32 Å². The number of amides is 2. The lowest BCUT2D eigenvalue weighted by molar-refractivity contribution is -0.122. The molecule has 0 atom stereocenters. The third-order valence-corrected chi connectivity index (χ3v) is 4.55. The quantitative estimate of drug-likeness (QED) is 0.496. The maximum absolute atomic E-state index is 12.9. The normalized spacial score (nSPS) is 16.2. The molecule has 1 aliphatic rings. The van der Waals surface area contributed by atoms with Gasteiger partial charge in [0.1, 0.15) is 11.3 Å². The first-order valence-electron chi connectivity index (χ1n) is 7.72. The smallest absolute Gasteiger partial charge is 0.270 e. The summed E-state index contributed by atoms with van der Waals surface area (Å²) in [6.07, 6.45) is 1.40. The standard InChI is InChI=1S/C18H16ClN3O3S/c1-10-4-5-11(8-14(10)19)22-17(24)13(16(23)20-18(22)26)9-12-6-7-15(25-12)21(2)3/h4-9H,1-3H3,(H,20,23,26)/b13-9+. The monoisotopic (exact) mass is 389 g/mol. The molecule has 2 amide bonds. The number of halogens is 1. The van der Waals surface area contributed by atoms with Crippen LogP contribution in [-0.2, 0) is 9.59 Å². The van der Waals surface area contributed by atoms with Crippen LogP contribution < -0.4 is 15.1 Å². The molecule has 1 N–H and O–H groups in total. The number of benzene rings is 1. The molecule has 0 spiro atoms. The summed E-state index contributed by atoms with van der Waals surface area (Å²) in [7, 11) is 3.66. The van der Waals surface area contributed by atoms with Gasteiger partial charge in [-0.15, -0.1) is 0 Å². The van der Waals surface area contributed by atoms with Crippen molar-refractivity contribution in [1.82, 2.24) is 5.32 Å². The van der Waals surface area contributed by atoms with Gasteiger partial charge in [0.2, 0.25) is 0 Å². The summed E-state index contributed by atoms with van der Waals surface area (Å²) in [5, 5.41) is 3.03. The molecule has 0 saturated carbocycles. The molecule has 8 heteroatoms. The highest BCUT2D eigenvalue weighted by Crippen LogP contribution is 2.27. The molecule has 3 rings (SSSR count). The number of carbonyl (C=O) groups excluding carboxylic acids is 2. The maximum atomic E-state index is 12.9. The van der Waals surface area contributed by atoms with E-state index in [4.69, 9.17) is 28.2 Å². The Morgan fingerprint density at radius 1 is 1.23 bits per heavy atom. The number of nitrogens with one attached hydrogen (secondary N) is 1. The number of hydrogen-bond donors (Lipinski definition) is 1. The molecule has 134 valence electrons. The van der Waals surface area contributed by atoms with Crippen molar-refractivity contribution in [1.29, 1.82) is 0 Å². The van der Waals surface area contributed by atoms with Crippen LogP contribution in [0.25, 0.3) is 6.08 Å². The predicted molar refractivity (Wildman–Crippen MR) is 105 cm³/mol. The van der Waals surface area contributed by atoms with Crippen LogP contribution in [0, 0.1) is 6.92 Å². The lowest BCUT2D eigenvalue weighted by atomic mass is 10.1. The SMILES string of the molecule is Cc1ccc(N2C(=O)/C(=C/c3ccc(N(C)C)o3)C(=O)NC2=S)cc1Cl. The summed E-state index contributed by atoms with van der Waals surface area (Å²) in [6, 6.07) is 8.57. The van der Waals surface area contributed by atoms with E-state index in [1.54, 1.807) is 35.2 Å². The van der Waals surface area contributed by atoms with Crippen molar-refractivity contribution in [2.75, 3.05) is 23.9 Å². The second kappa shape index (κ2) is 6.93. The van der Waals surface area contributed by atoms with Crippen molar-refractivity contribution in [3.63, 3.8) is 0 Å². The average molecular weight is 390 g/mol. The topological polar surface area (TPSA) is 65.8 Å². The van der Waals surface area contributed by atoms with E-state index in [1.165, 1.54) is 11.0 Å². The van der Waals surface area contributed by atoms with E-state index in [0.717, 1.165) is 5.56 Å². The molecule has 1 aliphatic heterocycles. The first-order chi connectivity index (χ1) is 12.3. The lowest BCUT2D eigenvalue weighted by Crippen LogP contribution is -2.54. The van der Waals surface area contributed by atoms with E-state index in [1.807, 2.05) is 21.0 Å². The molecule has 1 saturated heterocycles. The zero-order valence-corrected chi connectivity index (χ0v) is 15.9. The zero-order chi connectivity index (χ0) is 19.0. The number of aryl methyl sites for hydroxylation is 1. The molecule has 1 aromatic heterocycles. The average Bonchev–Trinajstić information content (AvgIpc) is 3.03. The van der Waals surface area contributed by atoms with Crippen LogP contribution >= 0.6 is 23.8 Å². The van der Waals surface area contributed by atoms with Gasteiger partial charge < -0.3 is 9.32 Å². The van der Waals surface area contributed by atoms with Gasteiger partial charge in [-0.05, 0) is 49.0 Å². The Balaban J connectivity index is 1.99. The van der Waals surface area contributed by atoms with Crippen molar-refractivity contribution in [3.05, 3.63) is 52.3 Å². The largest absolute Gasteiger partial charge is 0.441 e. The minimum atomic E-state index is -0.572. The number of hydrogen-bond acceptors (Lipinski definition) is 5. The van der Waals surface area contributed by atoms with Crippen LogP contribution in [-0.4, -0.2) is 31.0 Å². The first kappa shape index (κ1) is 18.2. The Morgan fingerprint density at radius 2 is 1.96 bits per heavy atom. The third kappa shape index (κ3) is 3.36. The van der Waals surface area contributed by atoms with Crippen molar-refractivity contribution in [2.45, 2.75) is 6.92 Å². The molecule has 2 heterocycles. The van der Waals surface area contributed by atoms with Crippen LogP contribution in [0.3, 0.4) is 0 Å². The van der Waals surface area contributed by atoms with Crippen molar-refractivity contribution < 1.29 is 14.0 Å². The van der Waals surface area contributed by atoms with E-state index in [-0.39, 0.29) is 10.7 Å². The Labute approximate surface area is 161 Å². The first-order valence-corrected chi connectivity index (χ1v) is 8.51. The fourth-order valence-corrected chi connectivity index (χ4v) is 2.87. The molecule has 26 heavy (non-hydrogen) atoms. The summed E-state index contributed by atoms with van der Waals surface area (Å²) >= 11 is 11.3. The molecule has 0 radical (unpaired) electrons. The van der Waals surface area contributed by atoms with Gasteiger partial charge in [-0.1, -0.05) is 17.7 Å². The van der Waals surface area contributed by atoms with Crippen LogP contribution in [0.5, 0.6) is 0 Å². The Hall–Kier alpha value is -2.64. The molecule has 1 fully saturated rings. The predicted octanol–water partition coefficient (Wildman–Crippen LogP) is 3.14. The highest BCUT2D eigenvalue weighted by molar-refractivity contribution is 7.80. The second-order valence-corrected chi connectivity index (χ2v) is 6.76. The van der Waals surface area contributed by atoms with Gasteiger partial charge in [-0.3, -0.25) is 19.8 Å². The molecule has 1 aromatic carbocycles. The Morgan fingerprint density at radius 3 is 2.58 bits per heavy atom. The molecule has 2 aromatic rings. The summed E-state index contributed by atoms with van der Waals surface area (Å²) < 4.78 is 5.59. The molecular formula is C18H16ClN3O3S. The molecule has 0 unspecified atom stereocenters. The van der Waals surface area contributed by atoms with Gasteiger partial charge in [-0.25, -0.2) is 0 Å². The summed E-state index contributed by atoms with van der Waals surface area (Å²) in [5.74, 6) is -0.112. The van der Waals surface area contributed by atoms with E-state index >= 15 is 0 Å². The lowest BCUT2D eigenvalue weighted by Gasteiger charge is -2.29. The second-order valence-electron chi connectivity index (χ2n) is 5.96. The van der Waals surface area contributed by atoms with Gasteiger partial charge in [-0.2, -0.15) is 0 Å². The summed E-state index contributed by atoms with van der Waals surface area (Å²) in [5.41, 5.74) is 1.28. The Kier molecular flexibility index (Phi) is 4.84. The maximum Gasteiger partial charge on any atom is 0.270 e. The van der Waals surface area contributed by atoms with E-state index < -0.39 is 11.8 Å². The molecule has 0 aliphatic carbocycles. The van der Waals surface area contributed by atoms with Crippen molar-refractivity contribution >= 4 is 58.4 Å². The highest BCUT2D eigenvalue weighted by Gasteiger charge is 2.34. The molecule has 0 bridgehead atoms. The van der Waals surface area contributed by atoms with E-state index in [0.29, 0.717) is 22.4 Å². The number of furan rings is 1. The minimum absolute atomic E-state index is 0.00509. The van der Waals surface area contributed by atoms with Crippen molar-refractivity contribution in [2.24, 2.45) is 0 Å². The number of rotatable bonds is 3. The number of nitrogens with zero attached hydrogens (tertiary/aromatic N) is 2.